The minimum atomic E-state index is -0.827. The summed E-state index contributed by atoms with van der Waals surface area (Å²) < 4.78 is 26.1. The lowest BCUT2D eigenvalue weighted by Gasteiger charge is -2.23. The summed E-state index contributed by atoms with van der Waals surface area (Å²) in [7, 11) is 0. The van der Waals surface area contributed by atoms with Gasteiger partial charge in [0.2, 0.25) is 0 Å². The maximum absolute atomic E-state index is 13.1. The fourth-order valence-corrected chi connectivity index (χ4v) is 2.13. The second kappa shape index (κ2) is 7.56. The van der Waals surface area contributed by atoms with Gasteiger partial charge in [-0.05, 0) is 36.6 Å². The van der Waals surface area contributed by atoms with E-state index in [1.165, 1.54) is 12.1 Å². The van der Waals surface area contributed by atoms with Crippen molar-refractivity contribution in [2.45, 2.75) is 33.3 Å². The van der Waals surface area contributed by atoms with Crippen LogP contribution in [0.1, 0.15) is 38.9 Å². The Bertz CT molecular complexity index is 375. The predicted molar refractivity (Wildman–Crippen MR) is 72.9 cm³/mol. The van der Waals surface area contributed by atoms with Crippen LogP contribution in [0, 0.1) is 17.6 Å². The number of hydrogen-bond acceptors (Lipinski definition) is 2. The van der Waals surface area contributed by atoms with E-state index in [1.807, 2.05) is 0 Å². The molecule has 0 spiro atoms. The van der Waals surface area contributed by atoms with E-state index >= 15 is 0 Å². The first-order valence-electron chi connectivity index (χ1n) is 6.78. The summed E-state index contributed by atoms with van der Waals surface area (Å²) in [6, 6.07) is 3.19. The van der Waals surface area contributed by atoms with Crippen LogP contribution in [0.15, 0.2) is 18.2 Å². The van der Waals surface area contributed by atoms with Gasteiger partial charge in [-0.1, -0.05) is 20.8 Å². The van der Waals surface area contributed by atoms with Crippen LogP contribution < -0.4 is 0 Å². The van der Waals surface area contributed by atoms with Crippen LogP contribution in [0.2, 0.25) is 0 Å². The summed E-state index contributed by atoms with van der Waals surface area (Å²) in [5.41, 5.74) is 0.304. The number of halogens is 2. The maximum atomic E-state index is 13.1. The van der Waals surface area contributed by atoms with Gasteiger partial charge in [-0.3, -0.25) is 0 Å². The second-order valence-corrected chi connectivity index (χ2v) is 5.29. The zero-order valence-electron chi connectivity index (χ0n) is 11.9. The van der Waals surface area contributed by atoms with Crippen molar-refractivity contribution in [2.24, 2.45) is 5.92 Å². The first-order valence-corrected chi connectivity index (χ1v) is 6.78. The zero-order valence-corrected chi connectivity index (χ0v) is 11.9. The zero-order chi connectivity index (χ0) is 14.4. The molecule has 0 aliphatic carbocycles. The summed E-state index contributed by atoms with van der Waals surface area (Å²) in [5, 5.41) is 9.99. The number of aliphatic hydroxyl groups is 1. The minimum absolute atomic E-state index is 0.304. The number of rotatable bonds is 7. The Morgan fingerprint density at radius 2 is 1.74 bits per heavy atom. The third kappa shape index (κ3) is 5.66. The van der Waals surface area contributed by atoms with Crippen molar-refractivity contribution in [1.82, 2.24) is 4.90 Å². The molecule has 2 nitrogen and oxygen atoms in total. The summed E-state index contributed by atoms with van der Waals surface area (Å²) >= 11 is 0. The first-order chi connectivity index (χ1) is 8.92. The van der Waals surface area contributed by atoms with Crippen molar-refractivity contribution >= 4 is 0 Å². The molecule has 0 saturated carbocycles. The van der Waals surface area contributed by atoms with Crippen LogP contribution in [-0.4, -0.2) is 29.6 Å². The van der Waals surface area contributed by atoms with Gasteiger partial charge in [-0.2, -0.15) is 0 Å². The molecule has 0 saturated heterocycles. The molecule has 1 aromatic carbocycles. The number of aliphatic hydroxyl groups excluding tert-OH is 1. The van der Waals surface area contributed by atoms with Gasteiger partial charge in [-0.15, -0.1) is 0 Å². The molecule has 0 fully saturated rings. The van der Waals surface area contributed by atoms with Crippen LogP contribution in [0.4, 0.5) is 8.78 Å². The molecule has 1 N–H and O–H groups in total. The van der Waals surface area contributed by atoms with Gasteiger partial charge in [0.05, 0.1) is 6.10 Å². The number of hydrogen-bond donors (Lipinski definition) is 1. The normalized spacial score (nSPS) is 13.3. The Kier molecular flexibility index (Phi) is 6.38. The monoisotopic (exact) mass is 271 g/mol. The van der Waals surface area contributed by atoms with E-state index < -0.39 is 17.7 Å². The number of nitrogens with zero attached hydrogens (tertiary/aromatic N) is 1. The third-order valence-electron chi connectivity index (χ3n) is 3.06. The molecule has 0 heterocycles. The Hall–Kier alpha value is -1.00. The largest absolute Gasteiger partial charge is 0.388 e. The highest BCUT2D eigenvalue weighted by Crippen LogP contribution is 2.19. The molecule has 108 valence electrons. The van der Waals surface area contributed by atoms with Crippen molar-refractivity contribution < 1.29 is 13.9 Å². The Labute approximate surface area is 114 Å². The van der Waals surface area contributed by atoms with Crippen LogP contribution in [0.25, 0.3) is 0 Å². The van der Waals surface area contributed by atoms with Crippen molar-refractivity contribution in [2.75, 3.05) is 19.6 Å². The van der Waals surface area contributed by atoms with Gasteiger partial charge in [0.15, 0.2) is 0 Å². The fourth-order valence-electron chi connectivity index (χ4n) is 2.13. The lowest BCUT2D eigenvalue weighted by molar-refractivity contribution is 0.138. The SMILES string of the molecule is CCN(CCC(O)c1cc(F)cc(F)c1)CC(C)C. The van der Waals surface area contributed by atoms with Crippen LogP contribution in [0.5, 0.6) is 0 Å². The first kappa shape index (κ1) is 16.1. The lowest BCUT2D eigenvalue weighted by atomic mass is 10.1. The summed E-state index contributed by atoms with van der Waals surface area (Å²) in [6.07, 6.45) is -0.352. The highest BCUT2D eigenvalue weighted by Gasteiger charge is 2.13. The standard InChI is InChI=1S/C15H23F2NO/c1-4-18(10-11(2)3)6-5-15(19)12-7-13(16)9-14(17)8-12/h7-9,11,15,19H,4-6,10H2,1-3H3. The average molecular weight is 271 g/mol. The van der Waals surface area contributed by atoms with Crippen LogP contribution in [-0.2, 0) is 0 Å². The molecule has 1 unspecified atom stereocenters. The highest BCUT2D eigenvalue weighted by molar-refractivity contribution is 5.20. The molecule has 1 atom stereocenters. The molecule has 0 bridgehead atoms. The van der Waals surface area contributed by atoms with Gasteiger partial charge in [0, 0.05) is 19.2 Å². The topological polar surface area (TPSA) is 23.5 Å². The van der Waals surface area contributed by atoms with Crippen molar-refractivity contribution in [3.05, 3.63) is 35.4 Å². The summed E-state index contributed by atoms with van der Waals surface area (Å²) in [4.78, 5) is 2.23. The Morgan fingerprint density at radius 3 is 2.21 bits per heavy atom. The van der Waals surface area contributed by atoms with Crippen LogP contribution >= 0.6 is 0 Å². The minimum Gasteiger partial charge on any atom is -0.388 e. The van der Waals surface area contributed by atoms with Crippen molar-refractivity contribution in [1.29, 1.82) is 0 Å². The molecule has 4 heteroatoms. The van der Waals surface area contributed by atoms with Crippen LogP contribution in [0.3, 0.4) is 0 Å². The average Bonchev–Trinajstić information content (AvgIpc) is 2.32. The molecule has 0 radical (unpaired) electrons. The van der Waals surface area contributed by atoms with Gasteiger partial charge in [0.1, 0.15) is 11.6 Å². The van der Waals surface area contributed by atoms with E-state index in [4.69, 9.17) is 0 Å². The molecular formula is C15H23F2NO. The molecule has 0 amide bonds. The molecule has 19 heavy (non-hydrogen) atoms. The number of benzene rings is 1. The van der Waals surface area contributed by atoms with Gasteiger partial charge in [-0.25, -0.2) is 8.78 Å². The van der Waals surface area contributed by atoms with E-state index in [2.05, 4.69) is 25.7 Å². The van der Waals surface area contributed by atoms with Gasteiger partial charge < -0.3 is 10.0 Å². The molecule has 1 rings (SSSR count). The maximum Gasteiger partial charge on any atom is 0.126 e. The molecular weight excluding hydrogens is 248 g/mol. The van der Waals surface area contributed by atoms with Gasteiger partial charge >= 0.3 is 0 Å². The quantitative estimate of drug-likeness (QED) is 0.822. The smallest absolute Gasteiger partial charge is 0.126 e. The molecule has 0 aliphatic heterocycles. The van der Waals surface area contributed by atoms with E-state index in [9.17, 15) is 13.9 Å². The molecule has 0 aromatic heterocycles. The summed E-state index contributed by atoms with van der Waals surface area (Å²) in [5.74, 6) is -0.740. The molecule has 0 aliphatic rings. The Morgan fingerprint density at radius 1 is 1.16 bits per heavy atom. The summed E-state index contributed by atoms with van der Waals surface area (Å²) in [6.45, 7) is 8.93. The van der Waals surface area contributed by atoms with E-state index in [0.717, 1.165) is 19.2 Å². The van der Waals surface area contributed by atoms with Gasteiger partial charge in [0.25, 0.3) is 0 Å². The van der Waals surface area contributed by atoms with E-state index in [1.54, 1.807) is 0 Å². The highest BCUT2D eigenvalue weighted by atomic mass is 19.1. The third-order valence-corrected chi connectivity index (χ3v) is 3.06. The van der Waals surface area contributed by atoms with Crippen molar-refractivity contribution in [3.8, 4) is 0 Å². The van der Waals surface area contributed by atoms with E-state index in [0.29, 0.717) is 24.4 Å². The molecule has 1 aromatic rings. The predicted octanol–water partition coefficient (Wildman–Crippen LogP) is 3.37. The second-order valence-electron chi connectivity index (χ2n) is 5.29. The Balaban J connectivity index is 2.56. The van der Waals surface area contributed by atoms with Crippen molar-refractivity contribution in [3.63, 3.8) is 0 Å². The lowest BCUT2D eigenvalue weighted by Crippen LogP contribution is -2.29. The fraction of sp³-hybridized carbons (Fsp3) is 0.600. The van der Waals surface area contributed by atoms with E-state index in [-0.39, 0.29) is 0 Å².